The highest BCUT2D eigenvalue weighted by atomic mass is 32.1. The topological polar surface area (TPSA) is 38.5 Å². The highest BCUT2D eigenvalue weighted by molar-refractivity contribution is 7.80. The maximum Gasteiger partial charge on any atom is 0.119 e. The maximum absolute atomic E-state index is 5.97. The maximum atomic E-state index is 5.97. The first-order chi connectivity index (χ1) is 9.63. The summed E-state index contributed by atoms with van der Waals surface area (Å²) in [6.07, 6.45) is 2.33. The number of hydrogen-bond donors (Lipinski definition) is 1. The molecule has 0 saturated carbocycles. The van der Waals surface area contributed by atoms with Crippen LogP contribution in [0.5, 0.6) is 5.75 Å². The Balaban J connectivity index is 2.91. The third-order valence-electron chi connectivity index (χ3n) is 3.35. The van der Waals surface area contributed by atoms with E-state index < -0.39 is 0 Å². The summed E-state index contributed by atoms with van der Waals surface area (Å²) in [5.74, 6) is 0.884. The van der Waals surface area contributed by atoms with Gasteiger partial charge in [-0.3, -0.25) is 4.90 Å². The summed E-state index contributed by atoms with van der Waals surface area (Å²) < 4.78 is 5.48. The van der Waals surface area contributed by atoms with Crippen molar-refractivity contribution in [3.05, 3.63) is 29.8 Å². The molecule has 0 amide bonds. The first kappa shape index (κ1) is 16.9. The second kappa shape index (κ2) is 8.93. The average molecular weight is 294 g/mol. The summed E-state index contributed by atoms with van der Waals surface area (Å²) in [7, 11) is 0. The van der Waals surface area contributed by atoms with Gasteiger partial charge in [-0.05, 0) is 44.1 Å². The molecule has 0 spiro atoms. The van der Waals surface area contributed by atoms with Crippen molar-refractivity contribution >= 4 is 17.2 Å². The average Bonchev–Trinajstić information content (AvgIpc) is 2.44. The Morgan fingerprint density at radius 3 is 2.35 bits per heavy atom. The lowest BCUT2D eigenvalue weighted by molar-refractivity contribution is 0.253. The molecule has 0 aliphatic heterocycles. The number of unbranched alkanes of at least 4 members (excludes halogenated alkanes) is 1. The number of nitrogens with two attached hydrogens (primary N) is 1. The number of nitrogens with zero attached hydrogens (tertiary/aromatic N) is 1. The van der Waals surface area contributed by atoms with E-state index in [0.29, 0.717) is 11.6 Å². The summed E-state index contributed by atoms with van der Waals surface area (Å²) in [5.41, 5.74) is 7.11. The number of benzene rings is 1. The second-order valence-corrected chi connectivity index (χ2v) is 5.26. The van der Waals surface area contributed by atoms with Gasteiger partial charge in [0.05, 0.1) is 17.6 Å². The fourth-order valence-corrected chi connectivity index (χ4v) is 2.58. The molecule has 0 bridgehead atoms. The molecule has 1 aromatic rings. The molecular weight excluding hydrogens is 268 g/mol. The van der Waals surface area contributed by atoms with Crippen LogP contribution in [0.15, 0.2) is 24.3 Å². The Morgan fingerprint density at radius 1 is 1.25 bits per heavy atom. The van der Waals surface area contributed by atoms with Gasteiger partial charge in [0.1, 0.15) is 5.75 Å². The third kappa shape index (κ3) is 4.76. The van der Waals surface area contributed by atoms with Crippen molar-refractivity contribution in [3.8, 4) is 5.75 Å². The number of thiocarbonyl (C=S) groups is 1. The highest BCUT2D eigenvalue weighted by Gasteiger charge is 2.21. The monoisotopic (exact) mass is 294 g/mol. The lowest BCUT2D eigenvalue weighted by Crippen LogP contribution is -2.37. The predicted molar refractivity (Wildman–Crippen MR) is 89.3 cm³/mol. The van der Waals surface area contributed by atoms with Gasteiger partial charge in [0, 0.05) is 0 Å². The zero-order chi connectivity index (χ0) is 15.0. The van der Waals surface area contributed by atoms with Gasteiger partial charge in [0.25, 0.3) is 0 Å². The number of hydrogen-bond acceptors (Lipinski definition) is 3. The molecule has 1 atom stereocenters. The van der Waals surface area contributed by atoms with Gasteiger partial charge in [0.2, 0.25) is 0 Å². The van der Waals surface area contributed by atoms with Crippen LogP contribution >= 0.6 is 12.2 Å². The second-order valence-electron chi connectivity index (χ2n) is 4.79. The summed E-state index contributed by atoms with van der Waals surface area (Å²) >= 11 is 5.28. The fraction of sp³-hybridized carbons (Fsp3) is 0.562. The smallest absolute Gasteiger partial charge is 0.119 e. The Bertz CT molecular complexity index is 405. The van der Waals surface area contributed by atoms with Crippen LogP contribution in [0.25, 0.3) is 0 Å². The van der Waals surface area contributed by atoms with E-state index in [1.165, 1.54) is 6.42 Å². The van der Waals surface area contributed by atoms with Crippen molar-refractivity contribution in [1.82, 2.24) is 4.90 Å². The Labute approximate surface area is 128 Å². The zero-order valence-corrected chi connectivity index (χ0v) is 13.6. The van der Waals surface area contributed by atoms with Crippen LogP contribution in [-0.4, -0.2) is 29.6 Å². The van der Waals surface area contributed by atoms with E-state index in [0.717, 1.165) is 30.8 Å². The minimum absolute atomic E-state index is 0.0113. The molecule has 0 aliphatic rings. The lowest BCUT2D eigenvalue weighted by atomic mass is 10.0. The van der Waals surface area contributed by atoms with Crippen LogP contribution in [0.2, 0.25) is 0 Å². The van der Waals surface area contributed by atoms with E-state index in [4.69, 9.17) is 22.7 Å². The minimum Gasteiger partial charge on any atom is -0.494 e. The minimum atomic E-state index is 0.0113. The molecule has 0 fully saturated rings. The molecular formula is C16H26N2OS. The van der Waals surface area contributed by atoms with Gasteiger partial charge in [0.15, 0.2) is 0 Å². The molecule has 2 N–H and O–H groups in total. The van der Waals surface area contributed by atoms with E-state index in [2.05, 4.69) is 30.9 Å². The fourth-order valence-electron chi connectivity index (χ4n) is 2.30. The Kier molecular flexibility index (Phi) is 7.55. The molecule has 0 heterocycles. The van der Waals surface area contributed by atoms with Gasteiger partial charge in [-0.1, -0.05) is 44.6 Å². The summed E-state index contributed by atoms with van der Waals surface area (Å²) in [6, 6.07) is 8.10. The van der Waals surface area contributed by atoms with Crippen LogP contribution in [0, 0.1) is 0 Å². The van der Waals surface area contributed by atoms with Gasteiger partial charge in [-0.25, -0.2) is 0 Å². The Hall–Kier alpha value is -1.13. The lowest BCUT2D eigenvalue weighted by Gasteiger charge is -2.30. The van der Waals surface area contributed by atoms with E-state index in [1.54, 1.807) is 0 Å². The molecule has 112 valence electrons. The van der Waals surface area contributed by atoms with Crippen molar-refractivity contribution in [2.24, 2.45) is 5.73 Å². The van der Waals surface area contributed by atoms with Gasteiger partial charge in [-0.2, -0.15) is 0 Å². The first-order valence-corrected chi connectivity index (χ1v) is 7.80. The summed E-state index contributed by atoms with van der Waals surface area (Å²) in [5, 5.41) is 0. The number of ether oxygens (including phenoxy) is 1. The first-order valence-electron chi connectivity index (χ1n) is 7.40. The SMILES string of the molecule is CCCCN(CC)C(C(N)=S)c1ccc(OCC)cc1. The van der Waals surface area contributed by atoms with Crippen molar-refractivity contribution in [3.63, 3.8) is 0 Å². The number of likely N-dealkylation sites (N-methyl/N-ethyl adjacent to an activating group) is 1. The van der Waals surface area contributed by atoms with E-state index in [9.17, 15) is 0 Å². The molecule has 4 heteroatoms. The van der Waals surface area contributed by atoms with Crippen molar-refractivity contribution < 1.29 is 4.74 Å². The van der Waals surface area contributed by atoms with E-state index >= 15 is 0 Å². The molecule has 0 saturated heterocycles. The number of rotatable bonds is 9. The molecule has 3 nitrogen and oxygen atoms in total. The molecule has 1 aromatic carbocycles. The van der Waals surface area contributed by atoms with Crippen LogP contribution in [0.4, 0.5) is 0 Å². The van der Waals surface area contributed by atoms with Crippen molar-refractivity contribution in [2.45, 2.75) is 39.7 Å². The van der Waals surface area contributed by atoms with Crippen LogP contribution < -0.4 is 10.5 Å². The molecule has 20 heavy (non-hydrogen) atoms. The summed E-state index contributed by atoms with van der Waals surface area (Å²) in [4.78, 5) is 2.87. The Morgan fingerprint density at radius 2 is 1.90 bits per heavy atom. The normalized spacial score (nSPS) is 12.4. The molecule has 0 radical (unpaired) electrons. The summed E-state index contributed by atoms with van der Waals surface area (Å²) in [6.45, 7) is 8.96. The van der Waals surface area contributed by atoms with Crippen LogP contribution in [0.3, 0.4) is 0 Å². The van der Waals surface area contributed by atoms with Crippen LogP contribution in [0.1, 0.15) is 45.2 Å². The molecule has 0 aromatic heterocycles. The van der Waals surface area contributed by atoms with E-state index in [-0.39, 0.29) is 6.04 Å². The van der Waals surface area contributed by atoms with Gasteiger partial charge < -0.3 is 10.5 Å². The largest absolute Gasteiger partial charge is 0.494 e. The molecule has 1 unspecified atom stereocenters. The van der Waals surface area contributed by atoms with Gasteiger partial charge >= 0.3 is 0 Å². The van der Waals surface area contributed by atoms with E-state index in [1.807, 2.05) is 19.1 Å². The predicted octanol–water partition coefficient (Wildman–Crippen LogP) is 3.53. The quantitative estimate of drug-likeness (QED) is 0.707. The zero-order valence-electron chi connectivity index (χ0n) is 12.8. The highest BCUT2D eigenvalue weighted by Crippen LogP contribution is 2.24. The van der Waals surface area contributed by atoms with Crippen LogP contribution in [-0.2, 0) is 0 Å². The molecule has 1 rings (SSSR count). The van der Waals surface area contributed by atoms with Crippen molar-refractivity contribution in [2.75, 3.05) is 19.7 Å². The molecule has 0 aliphatic carbocycles. The standard InChI is InChI=1S/C16H26N2OS/c1-4-7-12-18(5-2)15(16(17)20)13-8-10-14(11-9-13)19-6-3/h8-11,15H,4-7,12H2,1-3H3,(H2,17,20). The third-order valence-corrected chi connectivity index (χ3v) is 3.57. The van der Waals surface area contributed by atoms with Gasteiger partial charge in [-0.15, -0.1) is 0 Å². The van der Waals surface area contributed by atoms with Crippen molar-refractivity contribution in [1.29, 1.82) is 0 Å².